The van der Waals surface area contributed by atoms with Gasteiger partial charge in [-0.2, -0.15) is 0 Å². The van der Waals surface area contributed by atoms with Crippen molar-refractivity contribution in [2.24, 2.45) is 0 Å². The summed E-state index contributed by atoms with van der Waals surface area (Å²) in [7, 11) is 5.56. The van der Waals surface area contributed by atoms with Crippen LogP contribution in [0.4, 0.5) is 0 Å². The first-order valence-electron chi connectivity index (χ1n) is 28.1. The molecular weight excluding hydrogens is 799 g/mol. The standard InChI is InChI=1S/C56H109NO7/c1-6-8-10-12-14-16-18-20-22-24-25-26-27-28-29-31-33-35-37-39-41-43-45-47-55(59)64-52(50-62-49-48-53(56(60)61)57(3,4)5)51-63-54(58)46-44-42-40-38-36-34-32-30-23-21-19-17-15-13-11-9-7-2/h52-53H,6-51H2,1-5H3/p+1. The van der Waals surface area contributed by atoms with Crippen molar-refractivity contribution in [3.63, 3.8) is 0 Å². The van der Waals surface area contributed by atoms with Crippen molar-refractivity contribution in [2.45, 2.75) is 302 Å². The minimum absolute atomic E-state index is 0.0410. The number of esters is 2. The van der Waals surface area contributed by atoms with Crippen molar-refractivity contribution in [3.8, 4) is 0 Å². The average molecular weight is 909 g/mol. The summed E-state index contributed by atoms with van der Waals surface area (Å²) in [4.78, 5) is 37.2. The molecule has 0 aromatic carbocycles. The first-order valence-corrected chi connectivity index (χ1v) is 28.1. The molecule has 8 heteroatoms. The lowest BCUT2D eigenvalue weighted by atomic mass is 10.0. The maximum Gasteiger partial charge on any atom is 0.362 e. The largest absolute Gasteiger partial charge is 0.477 e. The summed E-state index contributed by atoms with van der Waals surface area (Å²) >= 11 is 0. The van der Waals surface area contributed by atoms with Crippen LogP contribution < -0.4 is 0 Å². The topological polar surface area (TPSA) is 99.1 Å². The van der Waals surface area contributed by atoms with Crippen molar-refractivity contribution in [1.29, 1.82) is 0 Å². The van der Waals surface area contributed by atoms with Crippen molar-refractivity contribution < 1.29 is 38.2 Å². The zero-order valence-corrected chi connectivity index (χ0v) is 43.5. The highest BCUT2D eigenvalue weighted by Crippen LogP contribution is 2.18. The van der Waals surface area contributed by atoms with Crippen molar-refractivity contribution in [2.75, 3.05) is 41.0 Å². The van der Waals surface area contributed by atoms with Crippen LogP contribution in [0.25, 0.3) is 0 Å². The lowest BCUT2D eigenvalue weighted by Gasteiger charge is -2.31. The normalized spacial score (nSPS) is 12.7. The highest BCUT2D eigenvalue weighted by molar-refractivity contribution is 5.72. The monoisotopic (exact) mass is 909 g/mol. The molecule has 64 heavy (non-hydrogen) atoms. The van der Waals surface area contributed by atoms with Crippen LogP contribution in [0, 0.1) is 0 Å². The summed E-state index contributed by atoms with van der Waals surface area (Å²) in [5.41, 5.74) is 0. The summed E-state index contributed by atoms with van der Waals surface area (Å²) in [5, 5.41) is 9.67. The Morgan fingerprint density at radius 1 is 0.406 bits per heavy atom. The van der Waals surface area contributed by atoms with Gasteiger partial charge in [0.15, 0.2) is 12.1 Å². The number of carbonyl (C=O) groups is 3. The molecule has 0 amide bonds. The first kappa shape index (κ1) is 62.3. The lowest BCUT2D eigenvalue weighted by Crippen LogP contribution is -2.50. The number of quaternary nitrogens is 1. The van der Waals surface area contributed by atoms with Gasteiger partial charge < -0.3 is 23.8 Å². The molecule has 2 atom stereocenters. The van der Waals surface area contributed by atoms with Gasteiger partial charge >= 0.3 is 17.9 Å². The fourth-order valence-electron chi connectivity index (χ4n) is 8.92. The fraction of sp³-hybridized carbons (Fsp3) is 0.946. The van der Waals surface area contributed by atoms with Crippen molar-refractivity contribution in [3.05, 3.63) is 0 Å². The van der Waals surface area contributed by atoms with Gasteiger partial charge in [0, 0.05) is 19.3 Å². The molecule has 0 aromatic heterocycles. The van der Waals surface area contributed by atoms with Gasteiger partial charge in [-0.25, -0.2) is 4.79 Å². The molecule has 0 fully saturated rings. The van der Waals surface area contributed by atoms with Crippen LogP contribution in [-0.2, 0) is 28.6 Å². The molecule has 2 unspecified atom stereocenters. The third-order valence-corrected chi connectivity index (χ3v) is 13.3. The summed E-state index contributed by atoms with van der Waals surface area (Å²) in [6.07, 6.45) is 53.0. The molecule has 0 aliphatic heterocycles. The molecule has 0 saturated heterocycles. The highest BCUT2D eigenvalue weighted by Gasteiger charge is 2.31. The van der Waals surface area contributed by atoms with Gasteiger partial charge in [0.1, 0.15) is 6.61 Å². The Bertz CT molecular complexity index is 1010. The van der Waals surface area contributed by atoms with Gasteiger partial charge in [0.2, 0.25) is 0 Å². The second-order valence-corrected chi connectivity index (χ2v) is 20.6. The second-order valence-electron chi connectivity index (χ2n) is 20.6. The molecule has 0 spiro atoms. The van der Waals surface area contributed by atoms with Crippen LogP contribution in [0.15, 0.2) is 0 Å². The Kier molecular flexibility index (Phi) is 46.6. The van der Waals surface area contributed by atoms with Gasteiger partial charge in [-0.15, -0.1) is 0 Å². The van der Waals surface area contributed by atoms with E-state index in [2.05, 4.69) is 13.8 Å². The summed E-state index contributed by atoms with van der Waals surface area (Å²) in [6.45, 7) is 4.81. The maximum atomic E-state index is 12.8. The van der Waals surface area contributed by atoms with E-state index in [1.165, 1.54) is 218 Å². The van der Waals surface area contributed by atoms with E-state index in [9.17, 15) is 19.5 Å². The molecule has 0 rings (SSSR count). The number of rotatable bonds is 52. The molecule has 0 heterocycles. The molecule has 380 valence electrons. The molecule has 0 aliphatic carbocycles. The van der Waals surface area contributed by atoms with Crippen LogP contribution in [0.1, 0.15) is 290 Å². The molecule has 0 aromatic rings. The van der Waals surface area contributed by atoms with Gasteiger partial charge in [-0.1, -0.05) is 258 Å². The van der Waals surface area contributed by atoms with E-state index in [4.69, 9.17) is 14.2 Å². The molecule has 8 nitrogen and oxygen atoms in total. The van der Waals surface area contributed by atoms with Crippen LogP contribution in [0.5, 0.6) is 0 Å². The van der Waals surface area contributed by atoms with E-state index in [0.717, 1.165) is 38.5 Å². The first-order chi connectivity index (χ1) is 31.1. The minimum Gasteiger partial charge on any atom is -0.477 e. The Morgan fingerprint density at radius 2 is 0.688 bits per heavy atom. The molecule has 0 aliphatic rings. The van der Waals surface area contributed by atoms with Gasteiger partial charge in [0.25, 0.3) is 0 Å². The number of aliphatic carboxylic acids is 1. The number of hydrogen-bond donors (Lipinski definition) is 1. The molecule has 0 saturated carbocycles. The van der Waals surface area contributed by atoms with E-state index in [1.807, 2.05) is 21.1 Å². The molecule has 1 N–H and O–H groups in total. The minimum atomic E-state index is -0.868. The number of carbonyl (C=O) groups excluding carboxylic acids is 2. The van der Waals surface area contributed by atoms with Crippen LogP contribution >= 0.6 is 0 Å². The fourth-order valence-corrected chi connectivity index (χ4v) is 8.92. The van der Waals surface area contributed by atoms with E-state index >= 15 is 0 Å². The predicted molar refractivity (Wildman–Crippen MR) is 271 cm³/mol. The highest BCUT2D eigenvalue weighted by atomic mass is 16.6. The maximum absolute atomic E-state index is 12.8. The Balaban J connectivity index is 4.11. The van der Waals surface area contributed by atoms with E-state index in [1.54, 1.807) is 0 Å². The van der Waals surface area contributed by atoms with E-state index < -0.39 is 18.1 Å². The molecular formula is C56H110NO7+. The van der Waals surface area contributed by atoms with Gasteiger partial charge in [-0.3, -0.25) is 9.59 Å². The van der Waals surface area contributed by atoms with E-state index in [0.29, 0.717) is 19.3 Å². The lowest BCUT2D eigenvalue weighted by molar-refractivity contribution is -0.887. The van der Waals surface area contributed by atoms with E-state index in [-0.39, 0.29) is 36.2 Å². The van der Waals surface area contributed by atoms with Crippen LogP contribution in [-0.4, -0.2) is 80.6 Å². The number of carboxylic acids is 1. The molecule has 0 radical (unpaired) electrons. The Morgan fingerprint density at radius 3 is 0.969 bits per heavy atom. The zero-order valence-electron chi connectivity index (χ0n) is 43.5. The number of unbranched alkanes of at least 4 members (excludes halogenated alkanes) is 38. The quantitative estimate of drug-likeness (QED) is 0.0369. The van der Waals surface area contributed by atoms with Crippen molar-refractivity contribution in [1.82, 2.24) is 0 Å². The van der Waals surface area contributed by atoms with Crippen LogP contribution in [0.2, 0.25) is 0 Å². The second kappa shape index (κ2) is 47.8. The summed E-state index contributed by atoms with van der Waals surface area (Å²) in [5.74, 6) is -1.43. The smallest absolute Gasteiger partial charge is 0.362 e. The predicted octanol–water partition coefficient (Wildman–Crippen LogP) is 16.4. The summed E-state index contributed by atoms with van der Waals surface area (Å²) in [6, 6.07) is -0.609. The summed E-state index contributed by atoms with van der Waals surface area (Å²) < 4.78 is 17.4. The number of ether oxygens (including phenoxy) is 3. The number of nitrogens with zero attached hydrogens (tertiary/aromatic N) is 1. The molecule has 0 bridgehead atoms. The van der Waals surface area contributed by atoms with Gasteiger partial charge in [-0.05, 0) is 12.8 Å². The average Bonchev–Trinajstić information content (AvgIpc) is 3.26. The SMILES string of the molecule is CCCCCCCCCCCCCCCCCCCCCCCCCC(=O)OC(COCCC(C(=O)O)[N+](C)(C)C)COC(=O)CCCCCCCCCCCCCCCCCCC. The third kappa shape index (κ3) is 45.5. The zero-order chi connectivity index (χ0) is 47.0. The Hall–Kier alpha value is -1.67. The van der Waals surface area contributed by atoms with Gasteiger partial charge in [0.05, 0.1) is 34.4 Å². The number of carboxylic acid groups (broad SMARTS) is 1. The third-order valence-electron chi connectivity index (χ3n) is 13.3. The number of likely N-dealkylation sites (N-methyl/N-ethyl adjacent to an activating group) is 1. The van der Waals surface area contributed by atoms with Crippen molar-refractivity contribution >= 4 is 17.9 Å². The van der Waals surface area contributed by atoms with Crippen LogP contribution in [0.3, 0.4) is 0 Å². The Labute approximate surface area is 397 Å². The number of hydrogen-bond acceptors (Lipinski definition) is 6.